The highest BCUT2D eigenvalue weighted by molar-refractivity contribution is 7.98. The van der Waals surface area contributed by atoms with Crippen molar-refractivity contribution in [1.29, 1.82) is 0 Å². The van der Waals surface area contributed by atoms with Crippen LogP contribution in [0.2, 0.25) is 0 Å². The Morgan fingerprint density at radius 1 is 1.21 bits per heavy atom. The fraction of sp³-hybridized carbons (Fsp3) is 0.333. The molecule has 0 bridgehead atoms. The summed E-state index contributed by atoms with van der Waals surface area (Å²) in [7, 11) is -4.11. The predicted molar refractivity (Wildman–Crippen MR) is 167 cm³/mol. The standard InChI is InChI=1S/C30H33N3O6S3/c1-4-21(17-28-32(19-29(34)35)24-18-23(40-3)11-12-26(24)41-28)16-27-31(13-8-14-42(36,37)38)30-25(39-27)15-20(2)33(30)22-9-6-5-7-10-22/h5-7,9-12,15-18,25,30H,4,8,13-14,19H2,1-3H3,(H-,34,35,36,37,38)/p+1. The summed E-state index contributed by atoms with van der Waals surface area (Å²) in [6.45, 7) is 4.25. The summed E-state index contributed by atoms with van der Waals surface area (Å²) in [5.74, 6) is -0.661. The second-order valence-corrected chi connectivity index (χ2v) is 13.7. The molecule has 1 fully saturated rings. The van der Waals surface area contributed by atoms with E-state index in [-0.39, 0.29) is 31.0 Å². The quantitative estimate of drug-likeness (QED) is 0.165. The molecular formula is C30H34N3O6S3+. The van der Waals surface area contributed by atoms with Crippen LogP contribution in [0, 0.1) is 0 Å². The van der Waals surface area contributed by atoms with Crippen LogP contribution in [0.1, 0.15) is 31.7 Å². The molecule has 0 radical (unpaired) electrons. The normalized spacial score (nSPS) is 19.9. The maximum absolute atomic E-state index is 11.8. The molecule has 1 saturated heterocycles. The van der Waals surface area contributed by atoms with Gasteiger partial charge >= 0.3 is 5.97 Å². The first-order chi connectivity index (χ1) is 20.1. The summed E-state index contributed by atoms with van der Waals surface area (Å²) in [6, 6.07) is 16.0. The van der Waals surface area contributed by atoms with E-state index in [1.54, 1.807) is 11.8 Å². The number of carboxylic acid groups (broad SMARTS) is 1. The lowest BCUT2D eigenvalue weighted by atomic mass is 10.2. The van der Waals surface area contributed by atoms with Crippen LogP contribution in [-0.2, 0) is 26.2 Å². The van der Waals surface area contributed by atoms with Gasteiger partial charge in [0.25, 0.3) is 15.1 Å². The van der Waals surface area contributed by atoms with Gasteiger partial charge in [-0.3, -0.25) is 4.55 Å². The maximum Gasteiger partial charge on any atom is 0.370 e. The van der Waals surface area contributed by atoms with Crippen LogP contribution >= 0.6 is 23.1 Å². The molecule has 2 aliphatic rings. The number of para-hydroxylation sites is 1. The average Bonchev–Trinajstić information content (AvgIpc) is 3.56. The Labute approximate surface area is 254 Å². The van der Waals surface area contributed by atoms with Gasteiger partial charge in [0.15, 0.2) is 12.0 Å². The molecule has 2 unspecified atom stereocenters. The molecule has 2 aromatic carbocycles. The number of carbonyl (C=O) groups is 1. The minimum absolute atomic E-state index is 0.157. The van der Waals surface area contributed by atoms with Crippen molar-refractivity contribution in [2.24, 2.45) is 0 Å². The summed E-state index contributed by atoms with van der Waals surface area (Å²) < 4.78 is 41.7. The number of allylic oxidation sites excluding steroid dienone is 3. The smallest absolute Gasteiger partial charge is 0.370 e. The van der Waals surface area contributed by atoms with Crippen LogP contribution in [0.5, 0.6) is 0 Å². The number of fused-ring (bicyclic) bond motifs is 2. The van der Waals surface area contributed by atoms with Crippen LogP contribution in [0.4, 0.5) is 5.69 Å². The highest BCUT2D eigenvalue weighted by atomic mass is 32.2. The highest BCUT2D eigenvalue weighted by Gasteiger charge is 2.46. The number of aliphatic carboxylic acids is 1. The molecular weight excluding hydrogens is 595 g/mol. The van der Waals surface area contributed by atoms with Gasteiger partial charge < -0.3 is 19.6 Å². The number of thioether (sulfide) groups is 1. The van der Waals surface area contributed by atoms with E-state index in [0.29, 0.717) is 18.8 Å². The van der Waals surface area contributed by atoms with Gasteiger partial charge in [0.05, 0.1) is 5.75 Å². The SMILES string of the molecule is CCC(=Cc1sc2ccc(SC)cc2[n+]1CC(=O)O)C=C1OC2C=C(C)N(c3ccccc3)C2N1CCCS(=O)(=O)O. The van der Waals surface area contributed by atoms with Gasteiger partial charge in [-0.1, -0.05) is 36.5 Å². The van der Waals surface area contributed by atoms with Gasteiger partial charge in [-0.2, -0.15) is 13.0 Å². The molecule has 0 saturated carbocycles. The van der Waals surface area contributed by atoms with Gasteiger partial charge in [0, 0.05) is 41.0 Å². The number of nitrogens with zero attached hydrogens (tertiary/aromatic N) is 3. The molecule has 2 atom stereocenters. The first-order valence-electron chi connectivity index (χ1n) is 13.6. The largest absolute Gasteiger partial charge is 0.477 e. The van der Waals surface area contributed by atoms with Crippen molar-refractivity contribution in [3.05, 3.63) is 82.8 Å². The number of thiazole rings is 1. The van der Waals surface area contributed by atoms with Crippen LogP contribution in [0.25, 0.3) is 16.3 Å². The van der Waals surface area contributed by atoms with E-state index in [0.717, 1.165) is 37.1 Å². The molecule has 222 valence electrons. The molecule has 12 heteroatoms. The molecule has 2 N–H and O–H groups in total. The summed E-state index contributed by atoms with van der Waals surface area (Å²) in [6.07, 6.45) is 8.42. The number of benzene rings is 2. The first-order valence-corrected chi connectivity index (χ1v) is 17.3. The van der Waals surface area contributed by atoms with E-state index in [2.05, 4.69) is 15.9 Å². The van der Waals surface area contributed by atoms with Crippen molar-refractivity contribution in [3.63, 3.8) is 0 Å². The molecule has 0 amide bonds. The van der Waals surface area contributed by atoms with E-state index in [9.17, 15) is 22.9 Å². The lowest BCUT2D eigenvalue weighted by Crippen LogP contribution is -2.45. The van der Waals surface area contributed by atoms with Gasteiger partial charge in [-0.05, 0) is 61.9 Å². The van der Waals surface area contributed by atoms with Gasteiger partial charge in [-0.25, -0.2) is 4.79 Å². The zero-order chi connectivity index (χ0) is 30.0. The lowest BCUT2D eigenvalue weighted by molar-refractivity contribution is -0.657. The van der Waals surface area contributed by atoms with Crippen molar-refractivity contribution in [2.45, 2.75) is 50.4 Å². The monoisotopic (exact) mass is 628 g/mol. The van der Waals surface area contributed by atoms with Crippen LogP contribution in [0.3, 0.4) is 0 Å². The summed E-state index contributed by atoms with van der Waals surface area (Å²) in [5, 5.41) is 10.5. The minimum Gasteiger partial charge on any atom is -0.477 e. The summed E-state index contributed by atoms with van der Waals surface area (Å²) in [4.78, 5) is 17.1. The van der Waals surface area contributed by atoms with E-state index < -0.39 is 16.1 Å². The van der Waals surface area contributed by atoms with E-state index in [1.165, 1.54) is 11.3 Å². The molecule has 1 aromatic heterocycles. The Kier molecular flexibility index (Phi) is 8.97. The zero-order valence-corrected chi connectivity index (χ0v) is 26.1. The molecule has 5 rings (SSSR count). The van der Waals surface area contributed by atoms with Gasteiger partial charge in [0.1, 0.15) is 10.9 Å². The fourth-order valence-corrected chi connectivity index (χ4v) is 7.45. The number of carboxylic acids is 1. The van der Waals surface area contributed by atoms with Crippen LogP contribution in [-0.4, -0.2) is 59.8 Å². The minimum atomic E-state index is -4.11. The summed E-state index contributed by atoms with van der Waals surface area (Å²) in [5.41, 5.74) is 3.85. The van der Waals surface area contributed by atoms with Crippen molar-refractivity contribution < 1.29 is 32.2 Å². The Morgan fingerprint density at radius 2 is 1.98 bits per heavy atom. The number of anilines is 1. The zero-order valence-electron chi connectivity index (χ0n) is 23.6. The third-order valence-corrected chi connectivity index (χ3v) is 9.94. The van der Waals surface area contributed by atoms with Crippen molar-refractivity contribution >= 4 is 61.2 Å². The maximum atomic E-state index is 11.8. The van der Waals surface area contributed by atoms with E-state index >= 15 is 0 Å². The number of hydrogen-bond acceptors (Lipinski definition) is 8. The number of ether oxygens (including phenoxy) is 1. The topological polar surface area (TPSA) is 111 Å². The number of hydrogen-bond donors (Lipinski definition) is 2. The first kappa shape index (κ1) is 30.1. The van der Waals surface area contributed by atoms with E-state index in [1.807, 2.05) is 85.4 Å². The molecule has 3 aromatic rings. The molecule has 2 aliphatic heterocycles. The third kappa shape index (κ3) is 6.51. The molecule has 42 heavy (non-hydrogen) atoms. The highest BCUT2D eigenvalue weighted by Crippen LogP contribution is 2.40. The average molecular weight is 629 g/mol. The predicted octanol–water partition coefficient (Wildman–Crippen LogP) is 5.36. The molecule has 0 spiro atoms. The third-order valence-electron chi connectivity index (χ3n) is 7.30. The van der Waals surface area contributed by atoms with Crippen molar-refractivity contribution in [3.8, 4) is 0 Å². The number of rotatable bonds is 11. The Bertz CT molecular complexity index is 1680. The van der Waals surface area contributed by atoms with E-state index in [4.69, 9.17) is 4.74 Å². The second-order valence-electron chi connectivity index (χ2n) is 10.2. The molecule has 0 aliphatic carbocycles. The Morgan fingerprint density at radius 3 is 2.64 bits per heavy atom. The Hall–Kier alpha value is -3.32. The molecule has 3 heterocycles. The molecule has 9 nitrogen and oxygen atoms in total. The van der Waals surface area contributed by atoms with Crippen molar-refractivity contribution in [1.82, 2.24) is 4.90 Å². The van der Waals surface area contributed by atoms with Crippen LogP contribution in [0.15, 0.2) is 82.7 Å². The van der Waals surface area contributed by atoms with Gasteiger partial charge in [-0.15, -0.1) is 11.8 Å². The number of aromatic nitrogens is 1. The summed E-state index contributed by atoms with van der Waals surface area (Å²) >= 11 is 3.15. The second kappa shape index (κ2) is 12.5. The lowest BCUT2D eigenvalue weighted by Gasteiger charge is -2.34. The van der Waals surface area contributed by atoms with Crippen LogP contribution < -0.4 is 9.47 Å². The Balaban J connectivity index is 1.54. The fourth-order valence-electron chi connectivity index (χ4n) is 5.41. The van der Waals surface area contributed by atoms with Gasteiger partial charge in [0.2, 0.25) is 12.1 Å². The van der Waals surface area contributed by atoms with Crippen molar-refractivity contribution in [2.75, 3.05) is 23.5 Å².